The molecular weight excluding hydrogens is 230 g/mol. The molecule has 18 heavy (non-hydrogen) atoms. The molecule has 0 amide bonds. The summed E-state index contributed by atoms with van der Waals surface area (Å²) in [7, 11) is 0. The number of fused-ring (bicyclic) bond motifs is 1. The second-order valence-corrected chi connectivity index (χ2v) is 4.59. The molecule has 0 bridgehead atoms. The van der Waals surface area contributed by atoms with E-state index in [0.717, 1.165) is 55.3 Å². The van der Waals surface area contributed by atoms with E-state index in [9.17, 15) is 0 Å². The summed E-state index contributed by atoms with van der Waals surface area (Å²) in [6, 6.07) is 5.61. The van der Waals surface area contributed by atoms with E-state index in [4.69, 9.17) is 9.52 Å². The van der Waals surface area contributed by atoms with Crippen LogP contribution in [0.2, 0.25) is 0 Å². The topological polar surface area (TPSA) is 61.5 Å². The maximum Gasteiger partial charge on any atom is 0.209 e. The zero-order chi connectivity index (χ0) is 12.4. The van der Waals surface area contributed by atoms with E-state index in [-0.39, 0.29) is 6.61 Å². The van der Waals surface area contributed by atoms with Crippen molar-refractivity contribution in [3.05, 3.63) is 29.7 Å². The van der Waals surface area contributed by atoms with Gasteiger partial charge in [-0.25, -0.2) is 4.98 Å². The standard InChI is InChI=1S/C13H17N3O2/c17-9-10-1-2-12-11(7-10)15-13(18-12)8-16-5-3-14-4-6-16/h1-2,7,14,17H,3-6,8-9H2. The highest BCUT2D eigenvalue weighted by molar-refractivity contribution is 5.73. The normalized spacial score (nSPS) is 17.4. The Morgan fingerprint density at radius 2 is 2.17 bits per heavy atom. The lowest BCUT2D eigenvalue weighted by Gasteiger charge is -2.25. The fraction of sp³-hybridized carbons (Fsp3) is 0.462. The van der Waals surface area contributed by atoms with E-state index < -0.39 is 0 Å². The summed E-state index contributed by atoms with van der Waals surface area (Å²) in [4.78, 5) is 6.80. The van der Waals surface area contributed by atoms with Crippen LogP contribution in [0.4, 0.5) is 0 Å². The Hall–Kier alpha value is -1.43. The molecule has 1 saturated heterocycles. The number of rotatable bonds is 3. The molecule has 1 aliphatic rings. The third kappa shape index (κ3) is 2.38. The summed E-state index contributed by atoms with van der Waals surface area (Å²) in [5.41, 5.74) is 2.48. The number of hydrogen-bond acceptors (Lipinski definition) is 5. The summed E-state index contributed by atoms with van der Waals surface area (Å²) >= 11 is 0. The number of aromatic nitrogens is 1. The summed E-state index contributed by atoms with van der Waals surface area (Å²) in [5, 5.41) is 12.4. The van der Waals surface area contributed by atoms with Crippen LogP contribution in [-0.2, 0) is 13.2 Å². The number of piperazine rings is 1. The van der Waals surface area contributed by atoms with Crippen LogP contribution in [-0.4, -0.2) is 41.2 Å². The molecule has 1 aliphatic heterocycles. The van der Waals surface area contributed by atoms with Gasteiger partial charge in [0, 0.05) is 26.2 Å². The highest BCUT2D eigenvalue weighted by Crippen LogP contribution is 2.18. The zero-order valence-corrected chi connectivity index (χ0v) is 10.2. The number of aliphatic hydroxyl groups excluding tert-OH is 1. The van der Waals surface area contributed by atoms with Gasteiger partial charge in [0.2, 0.25) is 5.89 Å². The van der Waals surface area contributed by atoms with Crippen molar-refractivity contribution < 1.29 is 9.52 Å². The van der Waals surface area contributed by atoms with E-state index in [1.807, 2.05) is 18.2 Å². The van der Waals surface area contributed by atoms with Crippen LogP contribution < -0.4 is 5.32 Å². The van der Waals surface area contributed by atoms with Crippen LogP contribution >= 0.6 is 0 Å². The van der Waals surface area contributed by atoms with E-state index in [1.165, 1.54) is 0 Å². The average Bonchev–Trinajstić information content (AvgIpc) is 2.80. The Morgan fingerprint density at radius 3 is 2.94 bits per heavy atom. The van der Waals surface area contributed by atoms with Crippen molar-refractivity contribution in [3.8, 4) is 0 Å². The molecule has 5 nitrogen and oxygen atoms in total. The molecule has 3 rings (SSSR count). The number of nitrogens with zero attached hydrogens (tertiary/aromatic N) is 2. The first kappa shape index (κ1) is 11.6. The Bertz CT molecular complexity index is 532. The minimum absolute atomic E-state index is 0.0376. The number of aliphatic hydroxyl groups is 1. The fourth-order valence-corrected chi connectivity index (χ4v) is 2.25. The number of hydrogen-bond donors (Lipinski definition) is 2. The van der Waals surface area contributed by atoms with Crippen molar-refractivity contribution >= 4 is 11.1 Å². The first-order valence-corrected chi connectivity index (χ1v) is 6.27. The predicted molar refractivity (Wildman–Crippen MR) is 68.1 cm³/mol. The Morgan fingerprint density at radius 1 is 1.33 bits per heavy atom. The molecule has 2 aromatic rings. The number of nitrogens with one attached hydrogen (secondary N) is 1. The minimum Gasteiger partial charge on any atom is -0.439 e. The average molecular weight is 247 g/mol. The molecule has 1 fully saturated rings. The Kier molecular flexibility index (Phi) is 3.27. The summed E-state index contributed by atoms with van der Waals surface area (Å²) in [5.74, 6) is 0.752. The van der Waals surface area contributed by atoms with E-state index in [2.05, 4.69) is 15.2 Å². The molecule has 1 aromatic carbocycles. The lowest BCUT2D eigenvalue weighted by atomic mass is 10.2. The second kappa shape index (κ2) is 5.06. The molecule has 0 saturated carbocycles. The van der Waals surface area contributed by atoms with Crippen molar-refractivity contribution in [2.24, 2.45) is 0 Å². The molecular formula is C13H17N3O2. The molecule has 0 atom stereocenters. The van der Waals surface area contributed by atoms with Crippen molar-refractivity contribution in [1.82, 2.24) is 15.2 Å². The molecule has 2 heterocycles. The molecule has 5 heteroatoms. The smallest absolute Gasteiger partial charge is 0.209 e. The van der Waals surface area contributed by atoms with Crippen LogP contribution in [0.15, 0.2) is 22.6 Å². The predicted octanol–water partition coefficient (Wildman–Crippen LogP) is 0.725. The monoisotopic (exact) mass is 247 g/mol. The molecule has 0 radical (unpaired) electrons. The maximum absolute atomic E-state index is 9.09. The van der Waals surface area contributed by atoms with Gasteiger partial charge in [0.1, 0.15) is 5.52 Å². The van der Waals surface area contributed by atoms with Gasteiger partial charge < -0.3 is 14.8 Å². The summed E-state index contributed by atoms with van der Waals surface area (Å²) in [6.45, 7) is 4.89. The summed E-state index contributed by atoms with van der Waals surface area (Å²) in [6.07, 6.45) is 0. The van der Waals surface area contributed by atoms with Gasteiger partial charge in [-0.3, -0.25) is 4.90 Å². The fourth-order valence-electron chi connectivity index (χ4n) is 2.25. The van der Waals surface area contributed by atoms with Gasteiger partial charge in [-0.05, 0) is 17.7 Å². The molecule has 0 aliphatic carbocycles. The van der Waals surface area contributed by atoms with Crippen LogP contribution in [0.5, 0.6) is 0 Å². The SMILES string of the molecule is OCc1ccc2oc(CN3CCNCC3)nc2c1. The van der Waals surface area contributed by atoms with Gasteiger partial charge in [0.25, 0.3) is 0 Å². The first-order chi connectivity index (χ1) is 8.85. The third-order valence-electron chi connectivity index (χ3n) is 3.25. The molecule has 2 N–H and O–H groups in total. The van der Waals surface area contributed by atoms with Crippen molar-refractivity contribution in [1.29, 1.82) is 0 Å². The third-order valence-corrected chi connectivity index (χ3v) is 3.25. The van der Waals surface area contributed by atoms with Gasteiger partial charge >= 0.3 is 0 Å². The van der Waals surface area contributed by atoms with Gasteiger partial charge in [-0.1, -0.05) is 6.07 Å². The van der Waals surface area contributed by atoms with E-state index in [1.54, 1.807) is 0 Å². The Labute approximate surface area is 105 Å². The molecule has 0 spiro atoms. The first-order valence-electron chi connectivity index (χ1n) is 6.27. The van der Waals surface area contributed by atoms with Gasteiger partial charge in [0.15, 0.2) is 5.58 Å². The Balaban J connectivity index is 1.79. The molecule has 0 unspecified atom stereocenters. The van der Waals surface area contributed by atoms with Crippen LogP contribution in [0.1, 0.15) is 11.5 Å². The highest BCUT2D eigenvalue weighted by Gasteiger charge is 2.13. The van der Waals surface area contributed by atoms with E-state index >= 15 is 0 Å². The van der Waals surface area contributed by atoms with Crippen LogP contribution in [0.3, 0.4) is 0 Å². The zero-order valence-electron chi connectivity index (χ0n) is 10.2. The van der Waals surface area contributed by atoms with Gasteiger partial charge in [-0.15, -0.1) is 0 Å². The summed E-state index contributed by atoms with van der Waals surface area (Å²) < 4.78 is 5.72. The number of benzene rings is 1. The van der Waals surface area contributed by atoms with Crippen LogP contribution in [0, 0.1) is 0 Å². The van der Waals surface area contributed by atoms with Crippen LogP contribution in [0.25, 0.3) is 11.1 Å². The van der Waals surface area contributed by atoms with Crippen molar-refractivity contribution in [2.75, 3.05) is 26.2 Å². The lowest BCUT2D eigenvalue weighted by molar-refractivity contribution is 0.214. The van der Waals surface area contributed by atoms with Crippen molar-refractivity contribution in [2.45, 2.75) is 13.2 Å². The highest BCUT2D eigenvalue weighted by atomic mass is 16.3. The van der Waals surface area contributed by atoms with Crippen molar-refractivity contribution in [3.63, 3.8) is 0 Å². The lowest BCUT2D eigenvalue weighted by Crippen LogP contribution is -2.42. The molecule has 96 valence electrons. The number of oxazole rings is 1. The quantitative estimate of drug-likeness (QED) is 0.837. The molecule has 1 aromatic heterocycles. The van der Waals surface area contributed by atoms with Gasteiger partial charge in [-0.2, -0.15) is 0 Å². The van der Waals surface area contributed by atoms with Gasteiger partial charge in [0.05, 0.1) is 13.2 Å². The minimum atomic E-state index is 0.0376. The largest absolute Gasteiger partial charge is 0.439 e. The van der Waals surface area contributed by atoms with E-state index in [0.29, 0.717) is 0 Å². The maximum atomic E-state index is 9.09. The second-order valence-electron chi connectivity index (χ2n) is 4.59.